The number of carbonyl (C=O) groups excluding carboxylic acids is 1. The number of ether oxygens (including phenoxy) is 3. The Hall–Kier alpha value is -2.96. The predicted octanol–water partition coefficient (Wildman–Crippen LogP) is 1.78. The van der Waals surface area contributed by atoms with Crippen LogP contribution >= 0.6 is 0 Å². The van der Waals surface area contributed by atoms with Crippen molar-refractivity contribution >= 4 is 6.03 Å². The monoisotopic (exact) mass is 327 g/mol. The summed E-state index contributed by atoms with van der Waals surface area (Å²) >= 11 is 0. The molecule has 2 amide bonds. The summed E-state index contributed by atoms with van der Waals surface area (Å²) in [7, 11) is 0. The van der Waals surface area contributed by atoms with Crippen molar-refractivity contribution in [1.29, 1.82) is 0 Å². The molecule has 2 aromatic rings. The molecule has 24 heavy (non-hydrogen) atoms. The van der Waals surface area contributed by atoms with Gasteiger partial charge in [-0.25, -0.2) is 4.79 Å². The molecule has 2 aliphatic rings. The number of rotatable bonds is 4. The van der Waals surface area contributed by atoms with Crippen LogP contribution in [0.5, 0.6) is 17.2 Å². The van der Waals surface area contributed by atoms with Gasteiger partial charge in [0.15, 0.2) is 11.5 Å². The van der Waals surface area contributed by atoms with Gasteiger partial charge in [-0.05, 0) is 29.8 Å². The minimum Gasteiger partial charge on any atom is -0.485 e. The SMILES string of the molecule is O=C(NCc1ccc2c(c1)OCO2)N1CC(Oc2cccnc2)C1. The number of hydrogen-bond donors (Lipinski definition) is 1. The number of hydrogen-bond acceptors (Lipinski definition) is 5. The molecule has 2 aliphatic heterocycles. The van der Waals surface area contributed by atoms with Crippen molar-refractivity contribution in [3.63, 3.8) is 0 Å². The number of pyridine rings is 1. The molecule has 0 aliphatic carbocycles. The Bertz CT molecular complexity index is 732. The number of benzene rings is 1. The standard InChI is InChI=1S/C17H17N3O4/c21-17(19-7-12-3-4-15-16(6-12)23-11-22-15)20-9-14(10-20)24-13-2-1-5-18-8-13/h1-6,8,14H,7,9-11H2,(H,19,21). The molecule has 1 aromatic carbocycles. The summed E-state index contributed by atoms with van der Waals surface area (Å²) < 4.78 is 16.3. The van der Waals surface area contributed by atoms with Gasteiger partial charge in [-0.1, -0.05) is 6.07 Å². The maximum absolute atomic E-state index is 12.1. The van der Waals surface area contributed by atoms with Crippen molar-refractivity contribution in [1.82, 2.24) is 15.2 Å². The van der Waals surface area contributed by atoms with Crippen molar-refractivity contribution in [2.45, 2.75) is 12.6 Å². The zero-order valence-corrected chi connectivity index (χ0v) is 13.0. The van der Waals surface area contributed by atoms with Crippen LogP contribution in [0.3, 0.4) is 0 Å². The highest BCUT2D eigenvalue weighted by Gasteiger charge is 2.32. The third-order valence-corrected chi connectivity index (χ3v) is 3.95. The Morgan fingerprint density at radius 2 is 2.17 bits per heavy atom. The minimum atomic E-state index is -0.0984. The Morgan fingerprint density at radius 3 is 3.00 bits per heavy atom. The van der Waals surface area contributed by atoms with E-state index in [9.17, 15) is 4.79 Å². The van der Waals surface area contributed by atoms with E-state index in [0.29, 0.717) is 19.6 Å². The van der Waals surface area contributed by atoms with Gasteiger partial charge in [0.05, 0.1) is 19.3 Å². The predicted molar refractivity (Wildman–Crippen MR) is 85.0 cm³/mol. The second-order valence-electron chi connectivity index (χ2n) is 5.68. The van der Waals surface area contributed by atoms with Crippen LogP contribution in [-0.2, 0) is 6.54 Å². The smallest absolute Gasteiger partial charge is 0.317 e. The third-order valence-electron chi connectivity index (χ3n) is 3.95. The number of likely N-dealkylation sites (tertiary alicyclic amines) is 1. The summed E-state index contributed by atoms with van der Waals surface area (Å²) in [4.78, 5) is 17.8. The fraction of sp³-hybridized carbons (Fsp3) is 0.294. The highest BCUT2D eigenvalue weighted by Crippen LogP contribution is 2.32. The molecule has 0 saturated carbocycles. The molecule has 1 fully saturated rings. The summed E-state index contributed by atoms with van der Waals surface area (Å²) in [5.41, 5.74) is 0.969. The molecule has 0 unspecified atom stereocenters. The summed E-state index contributed by atoms with van der Waals surface area (Å²) in [5, 5.41) is 2.90. The van der Waals surface area contributed by atoms with Gasteiger partial charge >= 0.3 is 6.03 Å². The van der Waals surface area contributed by atoms with Gasteiger partial charge in [0.25, 0.3) is 0 Å². The van der Waals surface area contributed by atoms with Gasteiger partial charge in [-0.3, -0.25) is 4.98 Å². The van der Waals surface area contributed by atoms with Crippen LogP contribution in [0, 0.1) is 0 Å². The van der Waals surface area contributed by atoms with Crippen molar-refractivity contribution < 1.29 is 19.0 Å². The maximum Gasteiger partial charge on any atom is 0.317 e. The lowest BCUT2D eigenvalue weighted by Crippen LogP contribution is -2.58. The van der Waals surface area contributed by atoms with Crippen molar-refractivity contribution in [3.8, 4) is 17.2 Å². The fourth-order valence-corrected chi connectivity index (χ4v) is 2.63. The summed E-state index contributed by atoms with van der Waals surface area (Å²) in [5.74, 6) is 2.18. The molecule has 0 atom stereocenters. The Kier molecular flexibility index (Phi) is 3.82. The van der Waals surface area contributed by atoms with E-state index in [4.69, 9.17) is 14.2 Å². The average Bonchev–Trinajstić information content (AvgIpc) is 3.04. The van der Waals surface area contributed by atoms with Gasteiger partial charge in [0, 0.05) is 12.7 Å². The summed E-state index contributed by atoms with van der Waals surface area (Å²) in [6.45, 7) is 1.83. The molecule has 3 heterocycles. The second kappa shape index (κ2) is 6.27. The van der Waals surface area contributed by atoms with E-state index in [2.05, 4.69) is 10.3 Å². The number of urea groups is 1. The number of fused-ring (bicyclic) bond motifs is 1. The first-order valence-electron chi connectivity index (χ1n) is 7.76. The van der Waals surface area contributed by atoms with Crippen molar-refractivity contribution in [2.24, 2.45) is 0 Å². The van der Waals surface area contributed by atoms with Crippen LogP contribution in [-0.4, -0.2) is 41.9 Å². The number of nitrogens with zero attached hydrogens (tertiary/aromatic N) is 2. The molecule has 7 heteroatoms. The average molecular weight is 327 g/mol. The molecule has 1 saturated heterocycles. The fourth-order valence-electron chi connectivity index (χ4n) is 2.63. The summed E-state index contributed by atoms with van der Waals surface area (Å²) in [6.07, 6.45) is 3.39. The van der Waals surface area contributed by atoms with Crippen LogP contribution in [0.4, 0.5) is 4.79 Å². The highest BCUT2D eigenvalue weighted by atomic mass is 16.7. The first-order chi connectivity index (χ1) is 11.8. The van der Waals surface area contributed by atoms with Gasteiger partial charge in [-0.15, -0.1) is 0 Å². The van der Waals surface area contributed by atoms with E-state index in [1.807, 2.05) is 30.3 Å². The number of amides is 2. The number of carbonyl (C=O) groups is 1. The zero-order chi connectivity index (χ0) is 16.4. The molecule has 4 rings (SSSR count). The topological polar surface area (TPSA) is 72.9 Å². The van der Waals surface area contributed by atoms with Crippen LogP contribution in [0.15, 0.2) is 42.7 Å². The molecule has 0 bridgehead atoms. The van der Waals surface area contributed by atoms with E-state index < -0.39 is 0 Å². The van der Waals surface area contributed by atoms with Crippen LogP contribution in [0.1, 0.15) is 5.56 Å². The van der Waals surface area contributed by atoms with Crippen molar-refractivity contribution in [3.05, 3.63) is 48.3 Å². The van der Waals surface area contributed by atoms with Gasteiger partial charge in [0.1, 0.15) is 11.9 Å². The highest BCUT2D eigenvalue weighted by molar-refractivity contribution is 5.75. The lowest BCUT2D eigenvalue weighted by Gasteiger charge is -2.38. The summed E-state index contributed by atoms with van der Waals surface area (Å²) in [6, 6.07) is 9.23. The molecule has 124 valence electrons. The zero-order valence-electron chi connectivity index (χ0n) is 13.0. The molecular weight excluding hydrogens is 310 g/mol. The number of aromatic nitrogens is 1. The Balaban J connectivity index is 1.23. The van der Waals surface area contributed by atoms with Crippen LogP contribution in [0.25, 0.3) is 0 Å². The third kappa shape index (κ3) is 3.05. The maximum atomic E-state index is 12.1. The quantitative estimate of drug-likeness (QED) is 0.927. The molecular formula is C17H17N3O4. The largest absolute Gasteiger partial charge is 0.485 e. The van der Waals surface area contributed by atoms with Gasteiger partial charge < -0.3 is 24.4 Å². The van der Waals surface area contributed by atoms with Crippen molar-refractivity contribution in [2.75, 3.05) is 19.9 Å². The Labute approximate surface area is 139 Å². The molecule has 1 N–H and O–H groups in total. The van der Waals surface area contributed by atoms with E-state index in [1.54, 1.807) is 17.3 Å². The number of nitrogens with one attached hydrogen (secondary N) is 1. The molecule has 0 spiro atoms. The normalized spacial score (nSPS) is 15.8. The van der Waals surface area contributed by atoms with E-state index in [0.717, 1.165) is 22.8 Å². The minimum absolute atomic E-state index is 0.0190. The molecule has 0 radical (unpaired) electrons. The van der Waals surface area contributed by atoms with E-state index in [-0.39, 0.29) is 18.9 Å². The molecule has 7 nitrogen and oxygen atoms in total. The van der Waals surface area contributed by atoms with Gasteiger partial charge in [-0.2, -0.15) is 0 Å². The lowest BCUT2D eigenvalue weighted by molar-refractivity contribution is 0.0441. The second-order valence-corrected chi connectivity index (χ2v) is 5.68. The molecule has 1 aromatic heterocycles. The Morgan fingerprint density at radius 1 is 1.29 bits per heavy atom. The first kappa shape index (κ1) is 14.6. The van der Waals surface area contributed by atoms with E-state index >= 15 is 0 Å². The van der Waals surface area contributed by atoms with Gasteiger partial charge in [0.2, 0.25) is 6.79 Å². The first-order valence-corrected chi connectivity index (χ1v) is 7.76. The van der Waals surface area contributed by atoms with Crippen LogP contribution in [0.2, 0.25) is 0 Å². The van der Waals surface area contributed by atoms with E-state index in [1.165, 1.54) is 0 Å². The lowest BCUT2D eigenvalue weighted by atomic mass is 10.1. The van der Waals surface area contributed by atoms with Crippen LogP contribution < -0.4 is 19.5 Å².